The van der Waals surface area contributed by atoms with Crippen molar-refractivity contribution in [1.82, 2.24) is 4.90 Å². The molecule has 0 radical (unpaired) electrons. The van der Waals surface area contributed by atoms with E-state index in [-0.39, 0.29) is 5.91 Å². The maximum atomic E-state index is 12.2. The molecule has 1 aliphatic rings. The molecule has 1 aromatic carbocycles. The summed E-state index contributed by atoms with van der Waals surface area (Å²) in [5.74, 6) is -0.0410. The van der Waals surface area contributed by atoms with Crippen molar-refractivity contribution in [3.63, 3.8) is 0 Å². The molecule has 0 saturated carbocycles. The van der Waals surface area contributed by atoms with E-state index in [1.54, 1.807) is 11.0 Å². The molecule has 1 aromatic rings. The Balaban J connectivity index is 2.19. The van der Waals surface area contributed by atoms with Gasteiger partial charge in [0.05, 0.1) is 4.91 Å². The highest BCUT2D eigenvalue weighted by molar-refractivity contribution is 8.26. The van der Waals surface area contributed by atoms with Gasteiger partial charge in [0.1, 0.15) is 4.32 Å². The SMILES string of the molecule is C=CCN1C(=O)/C(=C\C(C)=C\c2ccccc2)SC1=S. The third-order valence-corrected chi connectivity index (χ3v) is 4.12. The molecule has 0 bridgehead atoms. The molecular formula is C16H15NOS2. The quantitative estimate of drug-likeness (QED) is 0.476. The fourth-order valence-electron chi connectivity index (χ4n) is 1.85. The number of hydrogen-bond donors (Lipinski definition) is 0. The number of benzene rings is 1. The molecule has 0 aliphatic carbocycles. The van der Waals surface area contributed by atoms with E-state index in [0.717, 1.165) is 11.1 Å². The second-order valence-corrected chi connectivity index (χ2v) is 6.06. The summed E-state index contributed by atoms with van der Waals surface area (Å²) < 4.78 is 0.591. The number of carbonyl (C=O) groups excluding carboxylic acids is 1. The van der Waals surface area contributed by atoms with E-state index < -0.39 is 0 Å². The fraction of sp³-hybridized carbons (Fsp3) is 0.125. The van der Waals surface area contributed by atoms with Gasteiger partial charge in [0.15, 0.2) is 0 Å². The van der Waals surface area contributed by atoms with E-state index in [1.807, 2.05) is 49.4 Å². The van der Waals surface area contributed by atoms with Crippen LogP contribution in [0.4, 0.5) is 0 Å². The average molecular weight is 301 g/mol. The van der Waals surface area contributed by atoms with Gasteiger partial charge < -0.3 is 0 Å². The summed E-state index contributed by atoms with van der Waals surface area (Å²) in [6, 6.07) is 10.0. The van der Waals surface area contributed by atoms with Gasteiger partial charge in [-0.1, -0.05) is 66.5 Å². The lowest BCUT2D eigenvalue weighted by Gasteiger charge is -2.10. The van der Waals surface area contributed by atoms with Crippen LogP contribution in [0.1, 0.15) is 12.5 Å². The Morgan fingerprint density at radius 3 is 2.75 bits per heavy atom. The van der Waals surface area contributed by atoms with E-state index in [9.17, 15) is 4.79 Å². The minimum atomic E-state index is -0.0410. The van der Waals surface area contributed by atoms with Gasteiger partial charge in [-0.15, -0.1) is 6.58 Å². The third-order valence-electron chi connectivity index (χ3n) is 2.74. The first-order chi connectivity index (χ1) is 9.61. The molecule has 20 heavy (non-hydrogen) atoms. The second kappa shape index (κ2) is 6.68. The molecule has 1 saturated heterocycles. The topological polar surface area (TPSA) is 20.3 Å². The molecule has 0 N–H and O–H groups in total. The molecule has 1 heterocycles. The lowest BCUT2D eigenvalue weighted by atomic mass is 10.1. The average Bonchev–Trinajstić information content (AvgIpc) is 2.68. The van der Waals surface area contributed by atoms with Crippen molar-refractivity contribution in [3.05, 3.63) is 65.1 Å². The molecule has 0 unspecified atom stereocenters. The van der Waals surface area contributed by atoms with Crippen molar-refractivity contribution in [3.8, 4) is 0 Å². The number of amides is 1. The van der Waals surface area contributed by atoms with Gasteiger partial charge >= 0.3 is 0 Å². The van der Waals surface area contributed by atoms with Crippen LogP contribution in [0.5, 0.6) is 0 Å². The van der Waals surface area contributed by atoms with Crippen molar-refractivity contribution >= 4 is 40.3 Å². The number of allylic oxidation sites excluding steroid dienone is 2. The van der Waals surface area contributed by atoms with E-state index >= 15 is 0 Å². The van der Waals surface area contributed by atoms with Crippen LogP contribution in [-0.4, -0.2) is 21.7 Å². The monoisotopic (exact) mass is 301 g/mol. The summed E-state index contributed by atoms with van der Waals surface area (Å²) >= 11 is 6.54. The molecule has 1 fully saturated rings. The molecule has 2 nitrogen and oxygen atoms in total. The van der Waals surface area contributed by atoms with E-state index in [1.165, 1.54) is 11.8 Å². The highest BCUT2D eigenvalue weighted by atomic mass is 32.2. The zero-order chi connectivity index (χ0) is 14.5. The minimum absolute atomic E-state index is 0.0410. The predicted octanol–water partition coefficient (Wildman–Crippen LogP) is 4.02. The Kier molecular flexibility index (Phi) is 4.93. The fourth-order valence-corrected chi connectivity index (χ4v) is 3.17. The van der Waals surface area contributed by atoms with Gasteiger partial charge in [-0.3, -0.25) is 9.69 Å². The molecule has 0 aromatic heterocycles. The van der Waals surface area contributed by atoms with Crippen LogP contribution in [0.2, 0.25) is 0 Å². The van der Waals surface area contributed by atoms with Crippen LogP contribution in [0.15, 0.2) is 59.5 Å². The highest BCUT2D eigenvalue weighted by Gasteiger charge is 2.30. The lowest BCUT2D eigenvalue weighted by Crippen LogP contribution is -2.27. The smallest absolute Gasteiger partial charge is 0.266 e. The van der Waals surface area contributed by atoms with Gasteiger partial charge in [0.25, 0.3) is 5.91 Å². The van der Waals surface area contributed by atoms with Crippen molar-refractivity contribution in [2.75, 3.05) is 6.54 Å². The summed E-state index contributed by atoms with van der Waals surface area (Å²) in [4.78, 5) is 14.4. The highest BCUT2D eigenvalue weighted by Crippen LogP contribution is 2.31. The normalized spacial score (nSPS) is 17.9. The third kappa shape index (κ3) is 3.46. The van der Waals surface area contributed by atoms with Crippen LogP contribution < -0.4 is 0 Å². The number of thiocarbonyl (C=S) groups is 1. The Morgan fingerprint density at radius 1 is 1.40 bits per heavy atom. The van der Waals surface area contributed by atoms with E-state index in [2.05, 4.69) is 6.58 Å². The van der Waals surface area contributed by atoms with Gasteiger partial charge in [-0.05, 0) is 24.1 Å². The Bertz CT molecular complexity index is 602. The van der Waals surface area contributed by atoms with Gasteiger partial charge in [-0.2, -0.15) is 0 Å². The summed E-state index contributed by atoms with van der Waals surface area (Å²) in [7, 11) is 0. The zero-order valence-electron chi connectivity index (χ0n) is 11.2. The van der Waals surface area contributed by atoms with Gasteiger partial charge in [-0.25, -0.2) is 0 Å². The second-order valence-electron chi connectivity index (χ2n) is 4.38. The maximum absolute atomic E-state index is 12.2. The van der Waals surface area contributed by atoms with Crippen molar-refractivity contribution in [2.24, 2.45) is 0 Å². The summed E-state index contributed by atoms with van der Waals surface area (Å²) in [6.45, 7) is 6.08. The number of thioether (sulfide) groups is 1. The van der Waals surface area contributed by atoms with Crippen molar-refractivity contribution in [2.45, 2.75) is 6.92 Å². The predicted molar refractivity (Wildman–Crippen MR) is 90.3 cm³/mol. The largest absolute Gasteiger partial charge is 0.289 e. The Hall–Kier alpha value is -1.65. The number of nitrogens with zero attached hydrogens (tertiary/aromatic N) is 1. The van der Waals surface area contributed by atoms with Crippen molar-refractivity contribution in [1.29, 1.82) is 0 Å². The molecular weight excluding hydrogens is 286 g/mol. The molecule has 1 aliphatic heterocycles. The number of hydrogen-bond acceptors (Lipinski definition) is 3. The van der Waals surface area contributed by atoms with Gasteiger partial charge in [0, 0.05) is 6.54 Å². The van der Waals surface area contributed by atoms with Crippen molar-refractivity contribution < 1.29 is 4.79 Å². The van der Waals surface area contributed by atoms with Crippen LogP contribution in [0.3, 0.4) is 0 Å². The first-order valence-electron chi connectivity index (χ1n) is 6.21. The molecule has 102 valence electrons. The minimum Gasteiger partial charge on any atom is -0.289 e. The standard InChI is InChI=1S/C16H15NOS2/c1-3-9-17-15(18)14(20-16(17)19)11-12(2)10-13-7-5-4-6-8-13/h3-8,10-11H,1,9H2,2H3/b12-10+,14-11+. The summed E-state index contributed by atoms with van der Waals surface area (Å²) in [5, 5.41) is 0. The molecule has 2 rings (SSSR count). The number of carbonyl (C=O) groups is 1. The summed E-state index contributed by atoms with van der Waals surface area (Å²) in [6.07, 6.45) is 5.61. The van der Waals surface area contributed by atoms with Gasteiger partial charge in [0.2, 0.25) is 0 Å². The van der Waals surface area contributed by atoms with Crippen LogP contribution >= 0.6 is 24.0 Å². The molecule has 1 amide bonds. The van der Waals surface area contributed by atoms with Crippen LogP contribution in [0.25, 0.3) is 6.08 Å². The first-order valence-corrected chi connectivity index (χ1v) is 7.44. The number of rotatable bonds is 4. The molecule has 0 spiro atoms. The molecule has 4 heteroatoms. The maximum Gasteiger partial charge on any atom is 0.266 e. The first kappa shape index (κ1) is 14.8. The van der Waals surface area contributed by atoms with E-state index in [4.69, 9.17) is 12.2 Å². The van der Waals surface area contributed by atoms with Crippen LogP contribution in [0, 0.1) is 0 Å². The Labute approximate surface area is 128 Å². The lowest BCUT2D eigenvalue weighted by molar-refractivity contribution is -0.121. The Morgan fingerprint density at radius 2 is 2.10 bits per heavy atom. The summed E-state index contributed by atoms with van der Waals surface area (Å²) in [5.41, 5.74) is 2.14. The van der Waals surface area contributed by atoms with Crippen LogP contribution in [-0.2, 0) is 4.79 Å². The van der Waals surface area contributed by atoms with E-state index in [0.29, 0.717) is 15.8 Å². The molecule has 0 atom stereocenters. The zero-order valence-corrected chi connectivity index (χ0v) is 12.8.